The van der Waals surface area contributed by atoms with Crippen molar-refractivity contribution in [2.75, 3.05) is 6.61 Å². The Morgan fingerprint density at radius 2 is 1.53 bits per heavy atom. The number of hydrogen-bond acceptors (Lipinski definition) is 9. The topological polar surface area (TPSA) is 286 Å². The van der Waals surface area contributed by atoms with Crippen LogP contribution >= 0.6 is 0 Å². The molecule has 1 aromatic heterocycles. The number of aliphatic hydroxyl groups is 1. The van der Waals surface area contributed by atoms with E-state index in [-0.39, 0.29) is 19.3 Å². The minimum atomic E-state index is -1.57. The number of carboxylic acids is 1. The molecule has 0 radical (unpaired) electrons. The van der Waals surface area contributed by atoms with Crippen LogP contribution in [0.25, 0.3) is 0 Å². The third-order valence-electron chi connectivity index (χ3n) is 4.48. The van der Waals surface area contributed by atoms with Crippen molar-refractivity contribution < 1.29 is 39.0 Å². The number of aromatic nitrogens is 2. The Kier molecular flexibility index (Phi) is 11.1. The summed E-state index contributed by atoms with van der Waals surface area (Å²) in [7, 11) is 0. The summed E-state index contributed by atoms with van der Waals surface area (Å²) < 4.78 is 0. The summed E-state index contributed by atoms with van der Waals surface area (Å²) in [5.74, 6) is -5.96. The zero-order chi connectivity index (χ0) is 25.8. The van der Waals surface area contributed by atoms with Gasteiger partial charge in [0.25, 0.3) is 0 Å². The van der Waals surface area contributed by atoms with Gasteiger partial charge in [-0.3, -0.25) is 24.0 Å². The second-order valence-corrected chi connectivity index (χ2v) is 7.27. The van der Waals surface area contributed by atoms with Crippen LogP contribution in [0.3, 0.4) is 0 Å². The molecule has 16 nitrogen and oxygen atoms in total. The molecular formula is C18H28N8O8. The lowest BCUT2D eigenvalue weighted by molar-refractivity contribution is -0.142. The molecule has 0 fully saturated rings. The molecule has 1 heterocycles. The summed E-state index contributed by atoms with van der Waals surface area (Å²) in [6, 6.07) is -5.79. The molecule has 0 aliphatic heterocycles. The van der Waals surface area contributed by atoms with E-state index in [9.17, 15) is 39.0 Å². The molecule has 188 valence electrons. The Labute approximate surface area is 193 Å². The number of carbonyl (C=O) groups excluding carboxylic acids is 5. The second kappa shape index (κ2) is 13.5. The Hall–Kier alpha value is -4.05. The molecule has 0 aromatic carbocycles. The lowest BCUT2D eigenvalue weighted by Crippen LogP contribution is -2.58. The van der Waals surface area contributed by atoms with Crippen molar-refractivity contribution in [3.05, 3.63) is 18.2 Å². The number of nitrogens with zero attached hydrogens (tertiary/aromatic N) is 1. The summed E-state index contributed by atoms with van der Waals surface area (Å²) in [5.41, 5.74) is 16.0. The maximum atomic E-state index is 12.7. The number of nitrogens with one attached hydrogen (secondary N) is 4. The SMILES string of the molecule is NC(=O)CCC(NC(=O)C(CO)NC(=O)C(N)CC(N)=O)C(=O)NC(Cc1cnc[nH]1)C(=O)O. The Balaban J connectivity index is 2.90. The zero-order valence-electron chi connectivity index (χ0n) is 18.0. The van der Waals surface area contributed by atoms with E-state index in [1.807, 2.05) is 0 Å². The number of nitrogens with two attached hydrogens (primary N) is 3. The van der Waals surface area contributed by atoms with Crippen molar-refractivity contribution in [1.82, 2.24) is 25.9 Å². The van der Waals surface area contributed by atoms with Gasteiger partial charge in [-0.1, -0.05) is 0 Å². The molecule has 34 heavy (non-hydrogen) atoms. The Morgan fingerprint density at radius 3 is 2.03 bits per heavy atom. The molecule has 0 saturated heterocycles. The van der Waals surface area contributed by atoms with Crippen molar-refractivity contribution in [2.24, 2.45) is 17.2 Å². The predicted octanol–water partition coefficient (Wildman–Crippen LogP) is -5.05. The molecule has 16 heteroatoms. The number of amides is 5. The van der Waals surface area contributed by atoms with Crippen LogP contribution < -0.4 is 33.2 Å². The number of aliphatic hydroxyl groups excluding tert-OH is 1. The van der Waals surface area contributed by atoms with Crippen LogP contribution in [0.2, 0.25) is 0 Å². The second-order valence-electron chi connectivity index (χ2n) is 7.27. The van der Waals surface area contributed by atoms with E-state index >= 15 is 0 Å². The molecule has 5 amide bonds. The highest BCUT2D eigenvalue weighted by Gasteiger charge is 2.30. The van der Waals surface area contributed by atoms with Gasteiger partial charge in [-0.2, -0.15) is 0 Å². The van der Waals surface area contributed by atoms with E-state index in [1.54, 1.807) is 0 Å². The maximum Gasteiger partial charge on any atom is 0.326 e. The van der Waals surface area contributed by atoms with Gasteiger partial charge in [0, 0.05) is 24.7 Å². The lowest BCUT2D eigenvalue weighted by Gasteiger charge is -2.24. The van der Waals surface area contributed by atoms with Gasteiger partial charge in [-0.05, 0) is 6.42 Å². The van der Waals surface area contributed by atoms with Crippen LogP contribution in [0.4, 0.5) is 0 Å². The van der Waals surface area contributed by atoms with Crippen molar-refractivity contribution in [1.29, 1.82) is 0 Å². The molecule has 0 bridgehead atoms. The first-order chi connectivity index (χ1) is 15.9. The summed E-state index contributed by atoms with van der Waals surface area (Å²) in [6.07, 6.45) is 1.40. The quantitative estimate of drug-likeness (QED) is 0.114. The maximum absolute atomic E-state index is 12.7. The van der Waals surface area contributed by atoms with Crippen molar-refractivity contribution in [2.45, 2.75) is 49.9 Å². The van der Waals surface area contributed by atoms with Crippen LogP contribution in [0, 0.1) is 0 Å². The molecule has 0 aliphatic rings. The van der Waals surface area contributed by atoms with E-state index in [0.29, 0.717) is 5.69 Å². The van der Waals surface area contributed by atoms with Crippen LogP contribution in [-0.2, 0) is 35.2 Å². The zero-order valence-corrected chi connectivity index (χ0v) is 18.0. The van der Waals surface area contributed by atoms with E-state index < -0.39 is 72.7 Å². The number of hydrogen-bond donors (Lipinski definition) is 9. The fraction of sp³-hybridized carbons (Fsp3) is 0.500. The molecule has 0 saturated carbocycles. The van der Waals surface area contributed by atoms with Crippen LogP contribution in [0.1, 0.15) is 25.0 Å². The number of aromatic amines is 1. The van der Waals surface area contributed by atoms with Gasteiger partial charge >= 0.3 is 5.97 Å². The minimum Gasteiger partial charge on any atom is -0.480 e. The first kappa shape index (κ1) is 28.0. The van der Waals surface area contributed by atoms with E-state index in [2.05, 4.69) is 25.9 Å². The number of carboxylic acid groups (broad SMARTS) is 1. The molecular weight excluding hydrogens is 456 g/mol. The number of primary amides is 2. The molecule has 4 atom stereocenters. The average Bonchev–Trinajstić information content (AvgIpc) is 3.26. The number of H-pyrrole nitrogens is 1. The van der Waals surface area contributed by atoms with Gasteiger partial charge in [-0.25, -0.2) is 9.78 Å². The third-order valence-corrected chi connectivity index (χ3v) is 4.48. The largest absolute Gasteiger partial charge is 0.480 e. The van der Waals surface area contributed by atoms with Crippen LogP contribution in [0.15, 0.2) is 12.5 Å². The van der Waals surface area contributed by atoms with Gasteiger partial charge in [0.2, 0.25) is 29.5 Å². The normalized spacial score (nSPS) is 14.2. The molecule has 12 N–H and O–H groups in total. The smallest absolute Gasteiger partial charge is 0.326 e. The molecule has 1 aromatic rings. The Bertz CT molecular complexity index is 891. The van der Waals surface area contributed by atoms with Gasteiger partial charge in [-0.15, -0.1) is 0 Å². The average molecular weight is 484 g/mol. The minimum absolute atomic E-state index is 0.148. The fourth-order valence-electron chi connectivity index (χ4n) is 2.70. The summed E-state index contributed by atoms with van der Waals surface area (Å²) in [6.45, 7) is -0.900. The van der Waals surface area contributed by atoms with Crippen molar-refractivity contribution in [3.63, 3.8) is 0 Å². The van der Waals surface area contributed by atoms with Gasteiger partial charge in [0.05, 0.1) is 25.4 Å². The molecule has 1 rings (SSSR count). The Morgan fingerprint density at radius 1 is 0.941 bits per heavy atom. The summed E-state index contributed by atoms with van der Waals surface area (Å²) in [4.78, 5) is 77.3. The summed E-state index contributed by atoms with van der Waals surface area (Å²) >= 11 is 0. The van der Waals surface area contributed by atoms with Crippen LogP contribution in [-0.4, -0.2) is 86.5 Å². The summed E-state index contributed by atoms with van der Waals surface area (Å²) in [5, 5.41) is 25.5. The molecule has 4 unspecified atom stereocenters. The van der Waals surface area contributed by atoms with E-state index in [0.717, 1.165) is 0 Å². The van der Waals surface area contributed by atoms with Gasteiger partial charge in [0.1, 0.15) is 18.1 Å². The standard InChI is InChI=1S/C18H28N8O8/c19-9(4-14(21)29)15(30)26-12(6-27)17(32)24-10(1-2-13(20)28)16(31)25-11(18(33)34)3-8-5-22-7-23-8/h5,7,9-12,27H,1-4,6,19H2,(H2,20,28)(H2,21,29)(H,22,23)(H,24,32)(H,25,31)(H,26,30)(H,33,34). The van der Waals surface area contributed by atoms with E-state index in [4.69, 9.17) is 17.2 Å². The van der Waals surface area contributed by atoms with Crippen LogP contribution in [0.5, 0.6) is 0 Å². The third kappa shape index (κ3) is 9.61. The molecule has 0 spiro atoms. The van der Waals surface area contributed by atoms with Crippen molar-refractivity contribution >= 4 is 35.5 Å². The fourth-order valence-corrected chi connectivity index (χ4v) is 2.70. The predicted molar refractivity (Wildman–Crippen MR) is 113 cm³/mol. The monoisotopic (exact) mass is 484 g/mol. The highest BCUT2D eigenvalue weighted by atomic mass is 16.4. The first-order valence-electron chi connectivity index (χ1n) is 9.98. The van der Waals surface area contributed by atoms with Gasteiger partial charge in [0.15, 0.2) is 0 Å². The van der Waals surface area contributed by atoms with Gasteiger partial charge < -0.3 is 48.3 Å². The number of rotatable bonds is 15. The number of carbonyl (C=O) groups is 6. The lowest BCUT2D eigenvalue weighted by atomic mass is 10.1. The number of imidazole rings is 1. The van der Waals surface area contributed by atoms with Crippen molar-refractivity contribution in [3.8, 4) is 0 Å². The first-order valence-corrected chi connectivity index (χ1v) is 9.98. The number of aliphatic carboxylic acids is 1. The molecule has 0 aliphatic carbocycles. The highest BCUT2D eigenvalue weighted by molar-refractivity contribution is 5.95. The highest BCUT2D eigenvalue weighted by Crippen LogP contribution is 2.04. The van der Waals surface area contributed by atoms with E-state index in [1.165, 1.54) is 12.5 Å².